The molecule has 0 bridgehead atoms. The van der Waals surface area contributed by atoms with Crippen molar-refractivity contribution in [1.29, 1.82) is 0 Å². The molecule has 1 saturated heterocycles. The quantitative estimate of drug-likeness (QED) is 0.0872. The van der Waals surface area contributed by atoms with E-state index in [4.69, 9.17) is 40.8 Å². The second-order valence-corrected chi connectivity index (χ2v) is 12.9. The zero-order valence-corrected chi connectivity index (χ0v) is 24.1. The lowest BCUT2D eigenvalue weighted by atomic mass is 10.3. The molecule has 2 atom stereocenters. The Balaban J connectivity index is 2.35. The molecule has 0 amide bonds. The Morgan fingerprint density at radius 3 is 1.11 bits per heavy atom. The lowest BCUT2D eigenvalue weighted by Crippen LogP contribution is -2.46. The molecule has 0 aromatic rings. The van der Waals surface area contributed by atoms with Gasteiger partial charge < -0.3 is 40.8 Å². The summed E-state index contributed by atoms with van der Waals surface area (Å²) in [4.78, 5) is 24.4. The molecule has 0 spiro atoms. The van der Waals surface area contributed by atoms with Crippen molar-refractivity contribution in [3.8, 4) is 0 Å². The number of esters is 2. The number of hydrogen-bond acceptors (Lipinski definition) is 11. The Morgan fingerprint density at radius 2 is 0.857 bits per heavy atom. The van der Waals surface area contributed by atoms with Crippen molar-refractivity contribution in [1.82, 2.24) is 0 Å². The van der Waals surface area contributed by atoms with E-state index in [1.807, 2.05) is 41.5 Å². The van der Waals surface area contributed by atoms with Crippen LogP contribution >= 0.6 is 0 Å². The molecule has 206 valence electrons. The third kappa shape index (κ3) is 11.4. The van der Waals surface area contributed by atoms with Crippen molar-refractivity contribution in [3.63, 3.8) is 0 Å². The molecule has 0 aromatic heterocycles. The van der Waals surface area contributed by atoms with Gasteiger partial charge >= 0.3 is 29.5 Å². The van der Waals surface area contributed by atoms with Gasteiger partial charge in [0.05, 0.1) is 13.2 Å². The first-order valence-corrected chi connectivity index (χ1v) is 16.5. The summed E-state index contributed by atoms with van der Waals surface area (Å²) in [5, 5.41) is 0. The van der Waals surface area contributed by atoms with E-state index in [1.165, 1.54) is 0 Å². The third-order valence-electron chi connectivity index (χ3n) is 4.88. The minimum Gasteiger partial charge on any atom is -0.464 e. The van der Waals surface area contributed by atoms with Crippen molar-refractivity contribution >= 4 is 29.5 Å². The third-order valence-corrected chi connectivity index (χ3v) is 11.2. The van der Waals surface area contributed by atoms with E-state index >= 15 is 0 Å². The predicted molar refractivity (Wildman–Crippen MR) is 131 cm³/mol. The molecule has 1 rings (SSSR count). The van der Waals surface area contributed by atoms with Gasteiger partial charge in [-0.25, -0.2) is 9.59 Å². The maximum Gasteiger partial charge on any atom is 0.501 e. The molecule has 1 aliphatic rings. The fourth-order valence-corrected chi connectivity index (χ4v) is 8.72. The molecular weight excluding hydrogens is 496 g/mol. The zero-order chi connectivity index (χ0) is 26.2. The summed E-state index contributed by atoms with van der Waals surface area (Å²) < 4.78 is 50.4. The topological polar surface area (TPSA) is 121 Å². The Hall–Kier alpha value is -0.906. The maximum atomic E-state index is 12.2. The van der Waals surface area contributed by atoms with Crippen LogP contribution in [0.3, 0.4) is 0 Å². The highest BCUT2D eigenvalue weighted by molar-refractivity contribution is 6.61. The average molecular weight is 541 g/mol. The minimum atomic E-state index is -2.78. The molecule has 0 aliphatic carbocycles. The molecule has 0 saturated carbocycles. The maximum absolute atomic E-state index is 12.2. The van der Waals surface area contributed by atoms with E-state index in [-0.39, 0.29) is 13.2 Å². The molecular formula is C22H44O11Si2. The van der Waals surface area contributed by atoms with Crippen molar-refractivity contribution in [2.45, 2.75) is 78.7 Å². The largest absolute Gasteiger partial charge is 0.501 e. The van der Waals surface area contributed by atoms with Gasteiger partial charge in [0.1, 0.15) is 0 Å². The molecule has 35 heavy (non-hydrogen) atoms. The molecule has 2 unspecified atom stereocenters. The van der Waals surface area contributed by atoms with Crippen LogP contribution in [0.15, 0.2) is 0 Å². The summed E-state index contributed by atoms with van der Waals surface area (Å²) in [5.41, 5.74) is 0. The standard InChI is InChI=1S/C22H44O11Si2/c1-7-27-34(28-8-2,29-9-3)17-13-15-25-21(23)19-20(33-19)22(24)26-16-14-18-35(30-10-4,31-11-5)32-12-6/h19-20H,7-18H2,1-6H3. The summed E-state index contributed by atoms with van der Waals surface area (Å²) in [6, 6.07) is 1.06. The van der Waals surface area contributed by atoms with Crippen LogP contribution in [0.4, 0.5) is 0 Å². The lowest BCUT2D eigenvalue weighted by Gasteiger charge is -2.28. The lowest BCUT2D eigenvalue weighted by molar-refractivity contribution is -0.147. The van der Waals surface area contributed by atoms with Gasteiger partial charge in [0.2, 0.25) is 0 Å². The van der Waals surface area contributed by atoms with E-state index < -0.39 is 41.8 Å². The summed E-state index contributed by atoms with van der Waals surface area (Å²) in [6.45, 7) is 14.5. The predicted octanol–water partition coefficient (Wildman–Crippen LogP) is 2.72. The number of carbonyl (C=O) groups is 2. The SMILES string of the molecule is CCO[Si](CCCOC(=O)C1OC1C(=O)OCCC[Si](OCC)(OCC)OCC)(OCC)OCC. The Labute approximate surface area is 211 Å². The molecule has 11 nitrogen and oxygen atoms in total. The van der Waals surface area contributed by atoms with Crippen LogP contribution < -0.4 is 0 Å². The molecule has 13 heteroatoms. The summed E-state index contributed by atoms with van der Waals surface area (Å²) in [5.74, 6) is -1.17. The van der Waals surface area contributed by atoms with Crippen LogP contribution in [0.5, 0.6) is 0 Å². The van der Waals surface area contributed by atoms with Gasteiger partial charge in [0.15, 0.2) is 12.2 Å². The van der Waals surface area contributed by atoms with Crippen molar-refractivity contribution < 1.29 is 50.4 Å². The van der Waals surface area contributed by atoms with Crippen LogP contribution in [-0.4, -0.2) is 94.6 Å². The highest BCUT2D eigenvalue weighted by atomic mass is 28.4. The van der Waals surface area contributed by atoms with Gasteiger partial charge in [-0.2, -0.15) is 0 Å². The normalized spacial score (nSPS) is 17.9. The Bertz CT molecular complexity index is 524. The molecule has 1 heterocycles. The van der Waals surface area contributed by atoms with E-state index in [9.17, 15) is 9.59 Å². The van der Waals surface area contributed by atoms with Crippen molar-refractivity contribution in [2.75, 3.05) is 52.9 Å². The highest BCUT2D eigenvalue weighted by Crippen LogP contribution is 2.26. The minimum absolute atomic E-state index is 0.154. The van der Waals surface area contributed by atoms with Crippen LogP contribution in [0, 0.1) is 0 Å². The van der Waals surface area contributed by atoms with Crippen molar-refractivity contribution in [2.24, 2.45) is 0 Å². The van der Waals surface area contributed by atoms with E-state index in [1.54, 1.807) is 0 Å². The van der Waals surface area contributed by atoms with E-state index in [0.717, 1.165) is 0 Å². The zero-order valence-electron chi connectivity index (χ0n) is 22.1. The van der Waals surface area contributed by atoms with Crippen LogP contribution in [-0.2, 0) is 50.4 Å². The Kier molecular flexibility index (Phi) is 16.1. The van der Waals surface area contributed by atoms with Gasteiger partial charge in [-0.3, -0.25) is 0 Å². The monoisotopic (exact) mass is 540 g/mol. The fourth-order valence-electron chi connectivity index (χ4n) is 3.56. The average Bonchev–Trinajstić information content (AvgIpc) is 3.62. The smallest absolute Gasteiger partial charge is 0.464 e. The van der Waals surface area contributed by atoms with Gasteiger partial charge in [0.25, 0.3) is 0 Å². The number of ether oxygens (including phenoxy) is 3. The summed E-state index contributed by atoms with van der Waals surface area (Å²) in [7, 11) is -5.56. The second kappa shape index (κ2) is 17.5. The first-order valence-electron chi connectivity index (χ1n) is 12.7. The molecule has 0 aromatic carbocycles. The summed E-state index contributed by atoms with van der Waals surface area (Å²) in [6.07, 6.45) is -0.826. The number of hydrogen-bond donors (Lipinski definition) is 0. The summed E-state index contributed by atoms with van der Waals surface area (Å²) >= 11 is 0. The first kappa shape index (κ1) is 32.1. The van der Waals surface area contributed by atoms with Gasteiger partial charge in [-0.05, 0) is 54.4 Å². The van der Waals surface area contributed by atoms with Crippen LogP contribution in [0.1, 0.15) is 54.4 Å². The van der Waals surface area contributed by atoms with Gasteiger partial charge in [0, 0.05) is 51.7 Å². The number of rotatable bonds is 22. The highest BCUT2D eigenvalue weighted by Gasteiger charge is 2.53. The van der Waals surface area contributed by atoms with E-state index in [0.29, 0.717) is 64.6 Å². The molecule has 1 aliphatic heterocycles. The molecule has 0 radical (unpaired) electrons. The van der Waals surface area contributed by atoms with Gasteiger partial charge in [-0.1, -0.05) is 0 Å². The number of epoxide rings is 1. The van der Waals surface area contributed by atoms with Crippen LogP contribution in [0.25, 0.3) is 0 Å². The second-order valence-electron chi connectivity index (χ2n) is 7.48. The molecule has 1 fully saturated rings. The molecule has 0 N–H and O–H groups in total. The first-order chi connectivity index (χ1) is 16.9. The number of carbonyl (C=O) groups excluding carboxylic acids is 2. The fraction of sp³-hybridized carbons (Fsp3) is 0.909. The van der Waals surface area contributed by atoms with E-state index in [2.05, 4.69) is 0 Å². The van der Waals surface area contributed by atoms with Gasteiger partial charge in [-0.15, -0.1) is 0 Å². The van der Waals surface area contributed by atoms with Crippen LogP contribution in [0.2, 0.25) is 12.1 Å². The Morgan fingerprint density at radius 1 is 0.571 bits per heavy atom. The van der Waals surface area contributed by atoms with Crippen molar-refractivity contribution in [3.05, 3.63) is 0 Å².